The Kier molecular flexibility index (Phi) is 4.56. The highest BCUT2D eigenvalue weighted by Crippen LogP contribution is 2.16. The molecule has 0 aromatic carbocycles. The highest BCUT2D eigenvalue weighted by Gasteiger charge is 2.26. The van der Waals surface area contributed by atoms with Crippen LogP contribution in [-0.4, -0.2) is 29.6 Å². The minimum absolute atomic E-state index is 0.0808. The van der Waals surface area contributed by atoms with E-state index < -0.39 is 12.0 Å². The van der Waals surface area contributed by atoms with Crippen molar-refractivity contribution in [3.05, 3.63) is 0 Å². The Balaban J connectivity index is 3.91. The predicted octanol–water partition coefficient (Wildman–Crippen LogP) is -0.0493. The first-order valence-corrected chi connectivity index (χ1v) is 4.50. The monoisotopic (exact) mass is 202 g/mol. The van der Waals surface area contributed by atoms with Gasteiger partial charge < -0.3 is 16.2 Å². The number of carboxylic acids is 1. The fourth-order valence-electron chi connectivity index (χ4n) is 0.796. The Labute approximate surface area is 83.7 Å². The van der Waals surface area contributed by atoms with Crippen LogP contribution in [0.5, 0.6) is 0 Å². The first kappa shape index (κ1) is 12.9. The number of carboxylic acid groups (broad SMARTS) is 1. The zero-order chi connectivity index (χ0) is 11.4. The molecule has 0 saturated heterocycles. The molecule has 0 radical (unpaired) electrons. The second-order valence-electron chi connectivity index (χ2n) is 4.28. The highest BCUT2D eigenvalue weighted by atomic mass is 16.4. The van der Waals surface area contributed by atoms with Gasteiger partial charge in [-0.2, -0.15) is 0 Å². The molecule has 0 spiro atoms. The summed E-state index contributed by atoms with van der Waals surface area (Å²) >= 11 is 0. The largest absolute Gasteiger partial charge is 0.481 e. The van der Waals surface area contributed by atoms with E-state index in [4.69, 9.17) is 10.8 Å². The van der Waals surface area contributed by atoms with Crippen molar-refractivity contribution in [2.75, 3.05) is 6.54 Å². The molecule has 0 aromatic heterocycles. The van der Waals surface area contributed by atoms with Gasteiger partial charge >= 0.3 is 5.97 Å². The summed E-state index contributed by atoms with van der Waals surface area (Å²) in [5, 5.41) is 10.8. The molecule has 0 fully saturated rings. The van der Waals surface area contributed by atoms with Gasteiger partial charge in [0.15, 0.2) is 0 Å². The standard InChI is InChI=1S/C9H18N2O3/c1-9(2,3)7(10)8(14)11-5-4-6(12)13/h7H,4-5,10H2,1-3H3,(H,11,14)(H,12,13)/t7-/m0/s1. The van der Waals surface area contributed by atoms with Gasteiger partial charge in [0, 0.05) is 6.54 Å². The minimum atomic E-state index is -0.936. The first-order chi connectivity index (χ1) is 6.25. The zero-order valence-electron chi connectivity index (χ0n) is 8.83. The second-order valence-corrected chi connectivity index (χ2v) is 4.28. The molecule has 0 unspecified atom stereocenters. The maximum absolute atomic E-state index is 11.3. The van der Waals surface area contributed by atoms with Crippen molar-refractivity contribution in [3.8, 4) is 0 Å². The van der Waals surface area contributed by atoms with Crippen molar-refractivity contribution in [1.82, 2.24) is 5.32 Å². The highest BCUT2D eigenvalue weighted by molar-refractivity contribution is 5.82. The number of carbonyl (C=O) groups excluding carboxylic acids is 1. The molecule has 5 nitrogen and oxygen atoms in total. The van der Waals surface area contributed by atoms with Crippen LogP contribution in [0.4, 0.5) is 0 Å². The molecule has 14 heavy (non-hydrogen) atoms. The summed E-state index contributed by atoms with van der Waals surface area (Å²) < 4.78 is 0. The van der Waals surface area contributed by atoms with E-state index in [0.717, 1.165) is 0 Å². The molecule has 0 aromatic rings. The van der Waals surface area contributed by atoms with Gasteiger partial charge in [0.25, 0.3) is 0 Å². The van der Waals surface area contributed by atoms with Crippen LogP contribution in [0.1, 0.15) is 27.2 Å². The van der Waals surface area contributed by atoms with Crippen LogP contribution in [0.2, 0.25) is 0 Å². The molecule has 0 saturated carbocycles. The Bertz CT molecular complexity index is 221. The molecule has 5 heteroatoms. The topological polar surface area (TPSA) is 92.4 Å². The number of amides is 1. The van der Waals surface area contributed by atoms with Crippen LogP contribution in [0.15, 0.2) is 0 Å². The van der Waals surface area contributed by atoms with E-state index in [9.17, 15) is 9.59 Å². The van der Waals surface area contributed by atoms with Crippen molar-refractivity contribution in [2.45, 2.75) is 33.2 Å². The average Bonchev–Trinajstić information content (AvgIpc) is 2.00. The normalized spacial score (nSPS) is 13.4. The van der Waals surface area contributed by atoms with E-state index in [0.29, 0.717) is 0 Å². The summed E-state index contributed by atoms with van der Waals surface area (Å²) in [6, 6.07) is -0.615. The van der Waals surface area contributed by atoms with Crippen molar-refractivity contribution in [2.24, 2.45) is 11.1 Å². The molecule has 0 rings (SSSR count). The minimum Gasteiger partial charge on any atom is -0.481 e. The molecular weight excluding hydrogens is 184 g/mol. The third-order valence-corrected chi connectivity index (χ3v) is 1.85. The number of aliphatic carboxylic acids is 1. The SMILES string of the molecule is CC(C)(C)[C@@H](N)C(=O)NCCC(=O)O. The van der Waals surface area contributed by atoms with Crippen LogP contribution < -0.4 is 11.1 Å². The van der Waals surface area contributed by atoms with Gasteiger partial charge in [0.2, 0.25) is 5.91 Å². The van der Waals surface area contributed by atoms with Gasteiger partial charge in [0.05, 0.1) is 12.5 Å². The number of rotatable bonds is 4. The summed E-state index contributed by atoms with van der Waals surface area (Å²) in [6.45, 7) is 5.69. The molecule has 4 N–H and O–H groups in total. The molecule has 0 aliphatic carbocycles. The zero-order valence-corrected chi connectivity index (χ0v) is 8.83. The Morgan fingerprint density at radius 1 is 1.43 bits per heavy atom. The summed E-state index contributed by atoms with van der Waals surface area (Å²) in [7, 11) is 0. The molecule has 0 bridgehead atoms. The van der Waals surface area contributed by atoms with Gasteiger partial charge in [-0.25, -0.2) is 0 Å². The number of hydrogen-bond donors (Lipinski definition) is 3. The predicted molar refractivity (Wildman–Crippen MR) is 52.7 cm³/mol. The molecular formula is C9H18N2O3. The lowest BCUT2D eigenvalue weighted by Gasteiger charge is -2.25. The van der Waals surface area contributed by atoms with Crippen LogP contribution in [0.25, 0.3) is 0 Å². The molecule has 0 aliphatic heterocycles. The van der Waals surface area contributed by atoms with E-state index in [1.165, 1.54) is 0 Å². The lowest BCUT2D eigenvalue weighted by atomic mass is 9.87. The van der Waals surface area contributed by atoms with Gasteiger partial charge in [-0.05, 0) is 5.41 Å². The summed E-state index contributed by atoms with van der Waals surface area (Å²) in [4.78, 5) is 21.5. The summed E-state index contributed by atoms with van der Waals surface area (Å²) in [5.41, 5.74) is 5.34. The lowest BCUT2D eigenvalue weighted by Crippen LogP contribution is -2.48. The maximum Gasteiger partial charge on any atom is 0.305 e. The quantitative estimate of drug-likeness (QED) is 0.596. The number of carbonyl (C=O) groups is 2. The molecule has 0 heterocycles. The molecule has 82 valence electrons. The van der Waals surface area contributed by atoms with Crippen molar-refractivity contribution in [3.63, 3.8) is 0 Å². The van der Waals surface area contributed by atoms with E-state index in [1.807, 2.05) is 20.8 Å². The lowest BCUT2D eigenvalue weighted by molar-refractivity contribution is -0.137. The van der Waals surface area contributed by atoms with Gasteiger partial charge in [-0.3, -0.25) is 9.59 Å². The number of nitrogens with one attached hydrogen (secondary N) is 1. The van der Waals surface area contributed by atoms with Crippen LogP contribution >= 0.6 is 0 Å². The smallest absolute Gasteiger partial charge is 0.305 e. The van der Waals surface area contributed by atoms with E-state index in [1.54, 1.807) is 0 Å². The summed E-state index contributed by atoms with van der Waals surface area (Å²) in [5.74, 6) is -1.24. The number of hydrogen-bond acceptors (Lipinski definition) is 3. The summed E-state index contributed by atoms with van der Waals surface area (Å²) in [6.07, 6.45) is -0.0808. The van der Waals surface area contributed by atoms with Crippen molar-refractivity contribution < 1.29 is 14.7 Å². The molecule has 1 atom stereocenters. The Hall–Kier alpha value is -1.10. The third-order valence-electron chi connectivity index (χ3n) is 1.85. The fourth-order valence-corrected chi connectivity index (χ4v) is 0.796. The third kappa shape index (κ3) is 4.81. The van der Waals surface area contributed by atoms with E-state index >= 15 is 0 Å². The van der Waals surface area contributed by atoms with E-state index in [2.05, 4.69) is 5.32 Å². The van der Waals surface area contributed by atoms with Crippen molar-refractivity contribution in [1.29, 1.82) is 0 Å². The molecule has 0 aliphatic rings. The van der Waals surface area contributed by atoms with Gasteiger partial charge in [0.1, 0.15) is 0 Å². The van der Waals surface area contributed by atoms with Crippen LogP contribution in [0.3, 0.4) is 0 Å². The second kappa shape index (κ2) is 4.95. The fraction of sp³-hybridized carbons (Fsp3) is 0.778. The number of nitrogens with two attached hydrogens (primary N) is 1. The van der Waals surface area contributed by atoms with E-state index in [-0.39, 0.29) is 24.3 Å². The van der Waals surface area contributed by atoms with Crippen molar-refractivity contribution >= 4 is 11.9 Å². The Morgan fingerprint density at radius 3 is 2.29 bits per heavy atom. The van der Waals surface area contributed by atoms with Crippen LogP contribution in [0, 0.1) is 5.41 Å². The first-order valence-electron chi connectivity index (χ1n) is 4.50. The van der Waals surface area contributed by atoms with Gasteiger partial charge in [-0.15, -0.1) is 0 Å². The Morgan fingerprint density at radius 2 is 1.93 bits per heavy atom. The molecule has 1 amide bonds. The average molecular weight is 202 g/mol. The van der Waals surface area contributed by atoms with Gasteiger partial charge in [-0.1, -0.05) is 20.8 Å². The van der Waals surface area contributed by atoms with Crippen LogP contribution in [-0.2, 0) is 9.59 Å². The maximum atomic E-state index is 11.3.